The molecule has 1 aromatic carbocycles. The molecule has 0 spiro atoms. The normalized spacial score (nSPS) is 11.6. The van der Waals surface area contributed by atoms with Crippen LogP contribution in [0.4, 0.5) is 0 Å². The van der Waals surface area contributed by atoms with E-state index in [4.69, 9.17) is 0 Å². The zero-order valence-electron chi connectivity index (χ0n) is 16.9. The van der Waals surface area contributed by atoms with Crippen molar-refractivity contribution in [1.29, 1.82) is 0 Å². The van der Waals surface area contributed by atoms with Crippen LogP contribution in [0.2, 0.25) is 0 Å². The summed E-state index contributed by atoms with van der Waals surface area (Å²) in [5.41, 5.74) is 3.05. The highest BCUT2D eigenvalue weighted by Gasteiger charge is 2.03. The number of aryl methyl sites for hydroxylation is 2. The predicted molar refractivity (Wildman–Crippen MR) is 109 cm³/mol. The van der Waals surface area contributed by atoms with Gasteiger partial charge in [0.2, 0.25) is 0 Å². The van der Waals surface area contributed by atoms with Crippen LogP contribution in [0.15, 0.2) is 18.2 Å². The smallest absolute Gasteiger partial charge is 0.0146 e. The Hall–Kier alpha value is -0.780. The van der Waals surface area contributed by atoms with Gasteiger partial charge in [-0.15, -0.1) is 0 Å². The first-order valence-electron chi connectivity index (χ1n) is 10.6. The second kappa shape index (κ2) is 13.5. The summed E-state index contributed by atoms with van der Waals surface area (Å²) in [7, 11) is 0. The lowest BCUT2D eigenvalue weighted by molar-refractivity contribution is 0.517. The Morgan fingerprint density at radius 2 is 1.25 bits per heavy atom. The summed E-state index contributed by atoms with van der Waals surface area (Å²) in [5, 5.41) is 0. The first-order valence-corrected chi connectivity index (χ1v) is 10.6. The summed E-state index contributed by atoms with van der Waals surface area (Å²) in [6, 6.07) is 10.1. The molecule has 137 valence electrons. The molecule has 0 atom stereocenters. The molecule has 0 aliphatic rings. The van der Waals surface area contributed by atoms with Crippen molar-refractivity contribution in [3.8, 4) is 0 Å². The van der Waals surface area contributed by atoms with Crippen LogP contribution in [0.5, 0.6) is 0 Å². The number of benzene rings is 1. The SMILES string of the molecule is CC(C)CCCCCCc1[c]cccc1CCCCCCC(C)C. The summed E-state index contributed by atoms with van der Waals surface area (Å²) in [5.74, 6) is 1.72. The van der Waals surface area contributed by atoms with Crippen molar-refractivity contribution in [2.75, 3.05) is 0 Å². The largest absolute Gasteiger partial charge is 0.0628 e. The highest BCUT2D eigenvalue weighted by molar-refractivity contribution is 5.26. The van der Waals surface area contributed by atoms with E-state index in [1.165, 1.54) is 82.6 Å². The third-order valence-corrected chi connectivity index (χ3v) is 4.97. The van der Waals surface area contributed by atoms with E-state index in [9.17, 15) is 0 Å². The maximum Gasteiger partial charge on any atom is -0.0146 e. The maximum absolute atomic E-state index is 3.51. The molecular formula is C24H41. The number of hydrogen-bond donors (Lipinski definition) is 0. The van der Waals surface area contributed by atoms with E-state index in [0.717, 1.165) is 11.8 Å². The third kappa shape index (κ3) is 10.9. The maximum atomic E-state index is 3.51. The highest BCUT2D eigenvalue weighted by atomic mass is 14.1. The fourth-order valence-corrected chi connectivity index (χ4v) is 3.40. The van der Waals surface area contributed by atoms with Crippen LogP contribution in [0.3, 0.4) is 0 Å². The molecule has 0 N–H and O–H groups in total. The second-order valence-corrected chi connectivity index (χ2v) is 8.37. The second-order valence-electron chi connectivity index (χ2n) is 8.37. The van der Waals surface area contributed by atoms with E-state index in [1.807, 2.05) is 0 Å². The van der Waals surface area contributed by atoms with Crippen LogP contribution in [-0.4, -0.2) is 0 Å². The van der Waals surface area contributed by atoms with E-state index in [-0.39, 0.29) is 0 Å². The van der Waals surface area contributed by atoms with Gasteiger partial charge >= 0.3 is 0 Å². The molecule has 0 aliphatic carbocycles. The summed E-state index contributed by atoms with van der Waals surface area (Å²) in [6.07, 6.45) is 16.3. The Balaban J connectivity index is 2.19. The van der Waals surface area contributed by atoms with Gasteiger partial charge in [0, 0.05) is 0 Å². The van der Waals surface area contributed by atoms with E-state index >= 15 is 0 Å². The first kappa shape index (κ1) is 21.3. The van der Waals surface area contributed by atoms with Gasteiger partial charge in [-0.05, 0) is 54.7 Å². The lowest BCUT2D eigenvalue weighted by atomic mass is 9.96. The first-order chi connectivity index (χ1) is 11.6. The minimum atomic E-state index is 0.861. The number of unbranched alkanes of at least 4 members (excludes halogenated alkanes) is 6. The monoisotopic (exact) mass is 329 g/mol. The fourth-order valence-electron chi connectivity index (χ4n) is 3.40. The van der Waals surface area contributed by atoms with Crippen molar-refractivity contribution in [1.82, 2.24) is 0 Å². The molecule has 0 aromatic heterocycles. The molecule has 0 amide bonds. The van der Waals surface area contributed by atoms with Crippen molar-refractivity contribution in [2.45, 2.75) is 105 Å². The molecular weight excluding hydrogens is 288 g/mol. The van der Waals surface area contributed by atoms with Crippen molar-refractivity contribution in [2.24, 2.45) is 11.8 Å². The fraction of sp³-hybridized carbons (Fsp3) is 0.750. The van der Waals surface area contributed by atoms with Crippen LogP contribution in [-0.2, 0) is 12.8 Å². The van der Waals surface area contributed by atoms with Crippen molar-refractivity contribution in [3.63, 3.8) is 0 Å². The van der Waals surface area contributed by atoms with Crippen molar-refractivity contribution < 1.29 is 0 Å². The van der Waals surface area contributed by atoms with E-state index in [1.54, 1.807) is 5.56 Å². The van der Waals surface area contributed by atoms with Crippen LogP contribution in [0, 0.1) is 17.9 Å². The molecule has 1 rings (SSSR count). The van der Waals surface area contributed by atoms with Gasteiger partial charge in [0.25, 0.3) is 0 Å². The molecule has 0 heteroatoms. The molecule has 0 saturated heterocycles. The minimum Gasteiger partial charge on any atom is -0.0628 e. The van der Waals surface area contributed by atoms with E-state index in [0.29, 0.717) is 0 Å². The topological polar surface area (TPSA) is 0 Å². The molecule has 0 fully saturated rings. The van der Waals surface area contributed by atoms with Gasteiger partial charge in [0.15, 0.2) is 0 Å². The van der Waals surface area contributed by atoms with Crippen molar-refractivity contribution >= 4 is 0 Å². The van der Waals surface area contributed by atoms with Crippen LogP contribution in [0.1, 0.15) is 103 Å². The molecule has 0 bridgehead atoms. The molecule has 0 aliphatic heterocycles. The molecule has 1 radical (unpaired) electrons. The Labute approximate surface area is 152 Å². The summed E-state index contributed by atoms with van der Waals surface area (Å²) in [6.45, 7) is 9.31. The van der Waals surface area contributed by atoms with Crippen LogP contribution >= 0.6 is 0 Å². The van der Waals surface area contributed by atoms with Gasteiger partial charge in [-0.1, -0.05) is 97.3 Å². The summed E-state index contributed by atoms with van der Waals surface area (Å²) in [4.78, 5) is 0. The van der Waals surface area contributed by atoms with Gasteiger partial charge in [0.05, 0.1) is 0 Å². The molecule has 0 nitrogen and oxygen atoms in total. The Kier molecular flexibility index (Phi) is 12.0. The average molecular weight is 330 g/mol. The highest BCUT2D eigenvalue weighted by Crippen LogP contribution is 2.17. The summed E-state index contributed by atoms with van der Waals surface area (Å²) >= 11 is 0. The van der Waals surface area contributed by atoms with Crippen LogP contribution in [0.25, 0.3) is 0 Å². The van der Waals surface area contributed by atoms with Gasteiger partial charge in [-0.2, -0.15) is 0 Å². The predicted octanol–water partition coefficient (Wildman–Crippen LogP) is 7.78. The molecule has 24 heavy (non-hydrogen) atoms. The van der Waals surface area contributed by atoms with Crippen molar-refractivity contribution in [3.05, 3.63) is 35.4 Å². The average Bonchev–Trinajstić information content (AvgIpc) is 2.54. The number of rotatable bonds is 14. The van der Waals surface area contributed by atoms with E-state index < -0.39 is 0 Å². The molecule has 1 aromatic rings. The van der Waals surface area contributed by atoms with Gasteiger partial charge in [-0.25, -0.2) is 0 Å². The quantitative estimate of drug-likeness (QED) is 0.306. The zero-order valence-corrected chi connectivity index (χ0v) is 16.9. The van der Waals surface area contributed by atoms with E-state index in [2.05, 4.69) is 52.0 Å². The van der Waals surface area contributed by atoms with Gasteiger partial charge in [-0.3, -0.25) is 0 Å². The lowest BCUT2D eigenvalue weighted by Crippen LogP contribution is -1.96. The standard InChI is InChI=1S/C24H41/c1-21(2)15-9-5-7-11-17-23-19-13-14-20-24(23)18-12-8-6-10-16-22(3)4/h13-14,19,21-22H,5-12,15-18H2,1-4H3. The minimum absolute atomic E-state index is 0.861. The Morgan fingerprint density at radius 1 is 0.708 bits per heavy atom. The molecule has 0 unspecified atom stereocenters. The van der Waals surface area contributed by atoms with Gasteiger partial charge < -0.3 is 0 Å². The van der Waals surface area contributed by atoms with Gasteiger partial charge in [0.1, 0.15) is 0 Å². The number of hydrogen-bond acceptors (Lipinski definition) is 0. The third-order valence-electron chi connectivity index (χ3n) is 4.97. The summed E-state index contributed by atoms with van der Waals surface area (Å²) < 4.78 is 0. The molecule has 0 heterocycles. The Morgan fingerprint density at radius 3 is 1.83 bits per heavy atom. The molecule has 0 saturated carbocycles. The lowest BCUT2D eigenvalue weighted by Gasteiger charge is -2.10. The van der Waals surface area contributed by atoms with Crippen LogP contribution < -0.4 is 0 Å². The zero-order chi connectivity index (χ0) is 17.6. The Bertz CT molecular complexity index is 363.